The van der Waals surface area contributed by atoms with Crippen LogP contribution in [0.1, 0.15) is 70.2 Å². The Balaban J connectivity index is 1.87. The number of nitriles is 1. The Labute approximate surface area is 215 Å². The highest BCUT2D eigenvalue weighted by molar-refractivity contribution is 5.90. The van der Waals surface area contributed by atoms with Gasteiger partial charge in [-0.25, -0.2) is 4.98 Å². The van der Waals surface area contributed by atoms with Gasteiger partial charge >= 0.3 is 0 Å². The molecule has 5 rings (SSSR count). The summed E-state index contributed by atoms with van der Waals surface area (Å²) in [6.07, 6.45) is 4.61. The average Bonchev–Trinajstić information content (AvgIpc) is 3.17. The molecule has 0 radical (unpaired) electrons. The van der Waals surface area contributed by atoms with E-state index in [9.17, 15) is 5.26 Å². The third kappa shape index (κ3) is 3.22. The predicted octanol–water partition coefficient (Wildman–Crippen LogP) is 8.05. The number of hydrogen-bond acceptors (Lipinski definition) is 4. The summed E-state index contributed by atoms with van der Waals surface area (Å²) < 4.78 is 0. The number of nitrogens with zero attached hydrogens (tertiary/aromatic N) is 4. The molecule has 36 heavy (non-hydrogen) atoms. The minimum Gasteiger partial charge on any atom is -0.316 e. The molecule has 0 spiro atoms. The van der Waals surface area contributed by atoms with Crippen molar-refractivity contribution in [3.8, 4) is 6.07 Å². The maximum Gasteiger partial charge on any atom is 0.158 e. The van der Waals surface area contributed by atoms with E-state index in [-0.39, 0.29) is 22.4 Å². The summed E-state index contributed by atoms with van der Waals surface area (Å²) in [5, 5.41) is 9.73. The molecule has 2 unspecified atom stereocenters. The first-order valence-electron chi connectivity index (χ1n) is 12.8. The van der Waals surface area contributed by atoms with Gasteiger partial charge < -0.3 is 9.80 Å². The quantitative estimate of drug-likeness (QED) is 0.359. The highest BCUT2D eigenvalue weighted by Crippen LogP contribution is 2.63. The maximum absolute atomic E-state index is 9.73. The van der Waals surface area contributed by atoms with E-state index in [1.54, 1.807) is 6.20 Å². The van der Waals surface area contributed by atoms with Gasteiger partial charge in [-0.2, -0.15) is 5.26 Å². The topological polar surface area (TPSA) is 43.2 Å². The van der Waals surface area contributed by atoms with Crippen molar-refractivity contribution in [1.82, 2.24) is 4.98 Å². The molecule has 0 fully saturated rings. The van der Waals surface area contributed by atoms with E-state index in [2.05, 4.69) is 119 Å². The van der Waals surface area contributed by atoms with Gasteiger partial charge in [-0.3, -0.25) is 0 Å². The van der Waals surface area contributed by atoms with Crippen LogP contribution in [0.25, 0.3) is 0 Å². The molecular weight excluding hydrogens is 440 g/mol. The van der Waals surface area contributed by atoms with Crippen molar-refractivity contribution in [2.45, 2.75) is 71.9 Å². The van der Waals surface area contributed by atoms with Crippen molar-refractivity contribution < 1.29 is 0 Å². The lowest BCUT2D eigenvalue weighted by Crippen LogP contribution is -2.61. The lowest BCUT2D eigenvalue weighted by atomic mass is 9.56. The highest BCUT2D eigenvalue weighted by Gasteiger charge is 2.59. The third-order valence-corrected chi connectivity index (χ3v) is 8.66. The van der Waals surface area contributed by atoms with Crippen LogP contribution in [0.5, 0.6) is 0 Å². The van der Waals surface area contributed by atoms with E-state index >= 15 is 0 Å². The molecule has 4 heteroatoms. The number of fused-ring (bicyclic) bond motifs is 5. The smallest absolute Gasteiger partial charge is 0.158 e. The van der Waals surface area contributed by atoms with Crippen molar-refractivity contribution in [2.75, 3.05) is 9.80 Å². The number of rotatable bonds is 3. The van der Waals surface area contributed by atoms with E-state index in [1.165, 1.54) is 22.4 Å². The lowest BCUT2D eigenvalue weighted by Gasteiger charge is -2.57. The number of aryl methyl sites for hydroxylation is 1. The first-order chi connectivity index (χ1) is 17.0. The summed E-state index contributed by atoms with van der Waals surface area (Å²) in [5.74, 6) is 0.903. The van der Waals surface area contributed by atoms with Gasteiger partial charge in [-0.05, 0) is 53.6 Å². The number of hydrogen-bond donors (Lipinski definition) is 0. The van der Waals surface area contributed by atoms with E-state index in [4.69, 9.17) is 4.98 Å². The summed E-state index contributed by atoms with van der Waals surface area (Å²) in [4.78, 5) is 9.72. The van der Waals surface area contributed by atoms with Gasteiger partial charge in [-0.15, -0.1) is 6.58 Å². The minimum absolute atomic E-state index is 0.0204. The van der Waals surface area contributed by atoms with E-state index in [0.29, 0.717) is 5.56 Å². The molecule has 0 aliphatic carbocycles. The first kappa shape index (κ1) is 24.1. The highest BCUT2D eigenvalue weighted by atomic mass is 15.5. The van der Waals surface area contributed by atoms with Crippen LogP contribution >= 0.6 is 0 Å². The van der Waals surface area contributed by atoms with Crippen LogP contribution in [0.4, 0.5) is 22.9 Å². The van der Waals surface area contributed by atoms with Crippen LogP contribution in [-0.4, -0.2) is 11.1 Å². The molecule has 3 aromatic rings. The Hall–Kier alpha value is -3.58. The standard InChI is InChI=1S/C32H36N4/c1-9-16-32(8)24-18-23(30(3,4)5)14-15-26(24)36-28-27(17-22(19-33)20-34-28)35(29(36)31(32,6)7)25-13-11-10-12-21(25)2/h9-15,17-18,20,29H,1,16H2,2-8H3. The van der Waals surface area contributed by atoms with Crippen LogP contribution in [0.15, 0.2) is 67.4 Å². The third-order valence-electron chi connectivity index (χ3n) is 8.66. The van der Waals surface area contributed by atoms with Gasteiger partial charge in [0.2, 0.25) is 0 Å². The number of benzene rings is 2. The van der Waals surface area contributed by atoms with Gasteiger partial charge in [0.15, 0.2) is 5.82 Å². The maximum atomic E-state index is 9.73. The zero-order chi connectivity index (χ0) is 26.0. The van der Waals surface area contributed by atoms with Crippen molar-refractivity contribution in [2.24, 2.45) is 5.41 Å². The van der Waals surface area contributed by atoms with E-state index in [0.717, 1.165) is 23.6 Å². The van der Waals surface area contributed by atoms with Crippen LogP contribution < -0.4 is 9.80 Å². The van der Waals surface area contributed by atoms with E-state index in [1.807, 2.05) is 6.07 Å². The monoisotopic (exact) mass is 476 g/mol. The molecule has 0 N–H and O–H groups in total. The molecule has 2 aliphatic rings. The first-order valence-corrected chi connectivity index (χ1v) is 12.8. The number of para-hydroxylation sites is 1. The molecule has 3 heterocycles. The van der Waals surface area contributed by atoms with Crippen LogP contribution in [0.3, 0.4) is 0 Å². The normalized spacial score (nSPS) is 21.9. The molecule has 1 aromatic heterocycles. The fourth-order valence-electron chi connectivity index (χ4n) is 6.17. The predicted molar refractivity (Wildman–Crippen MR) is 149 cm³/mol. The Bertz CT molecular complexity index is 1400. The minimum atomic E-state index is -0.208. The Morgan fingerprint density at radius 3 is 2.39 bits per heavy atom. The average molecular weight is 477 g/mol. The molecular formula is C32H36N4. The Morgan fingerprint density at radius 1 is 1.03 bits per heavy atom. The number of pyridine rings is 1. The Kier molecular flexibility index (Phi) is 5.34. The van der Waals surface area contributed by atoms with Crippen molar-refractivity contribution in [1.29, 1.82) is 5.26 Å². The summed E-state index contributed by atoms with van der Waals surface area (Å²) in [7, 11) is 0. The molecule has 0 saturated carbocycles. The SMILES string of the molecule is C=CCC1(C)c2cc(C(C)(C)C)ccc2N2c3ncc(C#N)cc3N(c3ccccc3C)C2C1(C)C. The fraction of sp³-hybridized carbons (Fsp3) is 0.375. The van der Waals surface area contributed by atoms with E-state index < -0.39 is 0 Å². The largest absolute Gasteiger partial charge is 0.316 e. The fourth-order valence-corrected chi connectivity index (χ4v) is 6.17. The van der Waals surface area contributed by atoms with Crippen LogP contribution in [0, 0.1) is 23.7 Å². The van der Waals surface area contributed by atoms with Crippen molar-refractivity contribution in [3.05, 3.63) is 89.6 Å². The summed E-state index contributed by atoms with van der Waals surface area (Å²) in [5.41, 5.74) is 7.40. The zero-order valence-electron chi connectivity index (χ0n) is 22.6. The summed E-state index contributed by atoms with van der Waals surface area (Å²) in [6, 6.07) is 19.8. The van der Waals surface area contributed by atoms with Gasteiger partial charge in [0, 0.05) is 28.4 Å². The Morgan fingerprint density at radius 2 is 1.75 bits per heavy atom. The van der Waals surface area contributed by atoms with Gasteiger partial charge in [0.1, 0.15) is 12.2 Å². The van der Waals surface area contributed by atoms with Gasteiger partial charge in [0.25, 0.3) is 0 Å². The molecule has 2 aliphatic heterocycles. The lowest BCUT2D eigenvalue weighted by molar-refractivity contribution is 0.131. The van der Waals surface area contributed by atoms with Gasteiger partial charge in [-0.1, -0.05) is 78.0 Å². The zero-order valence-corrected chi connectivity index (χ0v) is 22.6. The molecule has 0 saturated heterocycles. The van der Waals surface area contributed by atoms with Crippen LogP contribution in [0.2, 0.25) is 0 Å². The summed E-state index contributed by atoms with van der Waals surface area (Å²) in [6.45, 7) is 20.3. The second kappa shape index (κ2) is 7.96. The van der Waals surface area contributed by atoms with Crippen LogP contribution in [-0.2, 0) is 10.8 Å². The molecule has 4 nitrogen and oxygen atoms in total. The number of anilines is 4. The molecule has 2 atom stereocenters. The van der Waals surface area contributed by atoms with Crippen molar-refractivity contribution in [3.63, 3.8) is 0 Å². The van der Waals surface area contributed by atoms with Crippen molar-refractivity contribution >= 4 is 22.9 Å². The molecule has 0 amide bonds. The number of allylic oxidation sites excluding steroid dienone is 1. The summed E-state index contributed by atoms with van der Waals surface area (Å²) >= 11 is 0. The molecule has 2 aromatic carbocycles. The van der Waals surface area contributed by atoms with Gasteiger partial charge in [0.05, 0.1) is 11.3 Å². The second-order valence-electron chi connectivity index (χ2n) is 12.1. The second-order valence-corrected chi connectivity index (χ2v) is 12.1. The number of aromatic nitrogens is 1. The molecule has 0 bridgehead atoms. The molecule has 184 valence electrons.